The lowest BCUT2D eigenvalue weighted by Crippen LogP contribution is -2.41. The van der Waals surface area contributed by atoms with Crippen LogP contribution < -0.4 is 49.8 Å². The minimum absolute atomic E-state index is 0.0922. The number of aliphatic carboxylic acids is 1. The fourth-order valence-electron chi connectivity index (χ4n) is 9.96. The number of aliphatic hydroxyl groups is 9. The number of carboxylic acids is 1. The number of alkyl halides is 10. The number of nitrogen functional groups attached to an aromatic ring is 1. The van der Waals surface area contributed by atoms with Gasteiger partial charge in [-0.15, -0.1) is 23.2 Å². The van der Waals surface area contributed by atoms with E-state index >= 15 is 0 Å². The second-order valence-electron chi connectivity index (χ2n) is 24.9. The molecule has 0 spiro atoms. The number of methoxy groups -OCH3 is 3. The quantitative estimate of drug-likeness (QED) is 0.00722. The van der Waals surface area contributed by atoms with Gasteiger partial charge < -0.3 is 111 Å². The third-order valence-corrected chi connectivity index (χ3v) is 19.0. The van der Waals surface area contributed by atoms with Gasteiger partial charge in [0.1, 0.15) is 62.9 Å². The Balaban J connectivity index is 0.000000514. The topological polar surface area (TPSA) is 655 Å². The van der Waals surface area contributed by atoms with Crippen LogP contribution in [0.3, 0.4) is 0 Å². The fraction of sp³-hybridized carbons (Fsp3) is 0.576. The Morgan fingerprint density at radius 1 is 0.540 bits per heavy atom. The molecular formula is C66H85Cl3F8N14O31S4. The number of thioether (sulfide) groups is 2. The second-order valence-corrected chi connectivity index (χ2v) is 29.3. The Hall–Kier alpha value is -9.11. The van der Waals surface area contributed by atoms with Crippen molar-refractivity contribution in [1.82, 2.24) is 48.4 Å². The normalized spacial score (nSPS) is 22.6. The molecular weight excluding hydrogens is 1870 g/mol. The van der Waals surface area contributed by atoms with E-state index in [0.717, 1.165) is 71.4 Å². The van der Waals surface area contributed by atoms with Crippen molar-refractivity contribution in [2.24, 2.45) is 0 Å². The van der Waals surface area contributed by atoms with E-state index in [1.807, 2.05) is 0 Å². The van der Waals surface area contributed by atoms with E-state index < -0.39 is 195 Å². The van der Waals surface area contributed by atoms with Crippen molar-refractivity contribution in [3.05, 3.63) is 91.0 Å². The number of ether oxygens (including phenoxy) is 7. The van der Waals surface area contributed by atoms with Gasteiger partial charge in [0.05, 0.1) is 72.4 Å². The maximum atomic E-state index is 14.0. The number of hydrogen-bond donors (Lipinski definition) is 15. The molecule has 0 bridgehead atoms. The average molecular weight is 1960 g/mol. The molecule has 6 fully saturated rings. The van der Waals surface area contributed by atoms with Crippen LogP contribution in [0.25, 0.3) is 0 Å². The number of halogens is 11. The first-order chi connectivity index (χ1) is 59.1. The predicted octanol–water partition coefficient (Wildman–Crippen LogP) is -1.50. The van der Waals surface area contributed by atoms with Crippen LogP contribution in [0.1, 0.15) is 83.2 Å². The molecule has 4 amide bonds. The lowest BCUT2D eigenvalue weighted by molar-refractivity contribution is -0.143. The number of thiocarbonyl (C=S) groups is 2. The number of amides is 4. The van der Waals surface area contributed by atoms with Crippen molar-refractivity contribution in [1.29, 1.82) is 0 Å². The van der Waals surface area contributed by atoms with Gasteiger partial charge in [0.2, 0.25) is 54.3 Å². The van der Waals surface area contributed by atoms with E-state index in [4.69, 9.17) is 108 Å². The molecule has 4 aromatic rings. The number of carboxylic acid groups (broad SMARTS) is 1. The van der Waals surface area contributed by atoms with Crippen molar-refractivity contribution < 1.29 is 167 Å². The minimum atomic E-state index is -3.84. The monoisotopic (exact) mass is 1950 g/mol. The highest BCUT2D eigenvalue weighted by molar-refractivity contribution is 8.23. The molecule has 12 atom stereocenters. The smallest absolute Gasteiger partial charge is 0.351 e. The maximum Gasteiger partial charge on any atom is 0.351 e. The van der Waals surface area contributed by atoms with E-state index in [2.05, 4.69) is 67.0 Å². The summed E-state index contributed by atoms with van der Waals surface area (Å²) >= 11 is 26.8. The van der Waals surface area contributed by atoms with Gasteiger partial charge in [0.25, 0.3) is 0 Å². The molecule has 706 valence electrons. The SMILES string of the molecule is COC(=O)CCC(=O)N1CCSC1=S.COC(=O)CCC(=O)Nc1ccn(C2O[C@H](CO)[C@@H](O)C2(F)F)c(=O)n1.COC(C)=O.ClCCl.Nc1ccn([C@@H]2O[C@H](CO)[C@@H](O)C2(F)F)c(=O)n1.O=C(CO)CCC(=O)Nc1ccn(C2O[C@H](CO)[C@@H](O)C2(F)F)c(=O)n1.O=C(O)CCC(=O)Nc1ccn(C2O[C@H](CO)[C@@H](O)C2(F)F)c(=O)n1.O=CCl.S=C1NCCS1. The molecule has 60 heteroatoms. The summed E-state index contributed by atoms with van der Waals surface area (Å²) < 4.78 is 147. The largest absolute Gasteiger partial charge is 0.481 e. The van der Waals surface area contributed by atoms with Gasteiger partial charge in [0, 0.05) is 88.4 Å². The van der Waals surface area contributed by atoms with Crippen LogP contribution in [0, 0.1) is 0 Å². The molecule has 6 aliphatic heterocycles. The molecule has 0 aromatic carbocycles. The number of carbonyl (C=O) groups is 10. The number of rotatable bonds is 24. The van der Waals surface area contributed by atoms with Crippen LogP contribution in [0.2, 0.25) is 0 Å². The summed E-state index contributed by atoms with van der Waals surface area (Å²) in [4.78, 5) is 170. The first kappa shape index (κ1) is 113. The van der Waals surface area contributed by atoms with Crippen LogP contribution in [-0.2, 0) is 81.1 Å². The summed E-state index contributed by atoms with van der Waals surface area (Å²) in [7, 11) is 3.83. The molecule has 16 N–H and O–H groups in total. The predicted molar refractivity (Wildman–Crippen MR) is 429 cm³/mol. The van der Waals surface area contributed by atoms with E-state index in [-0.39, 0.29) is 97.1 Å². The van der Waals surface area contributed by atoms with Gasteiger partial charge in [-0.2, -0.15) is 55.1 Å². The first-order valence-corrected chi connectivity index (χ1v) is 39.8. The number of carbonyl (C=O) groups excluding carboxylic acids is 9. The summed E-state index contributed by atoms with van der Waals surface area (Å²) in [5.41, 5.74) is 0.684. The Morgan fingerprint density at radius 2 is 0.849 bits per heavy atom. The Bertz CT molecular complexity index is 4450. The zero-order chi connectivity index (χ0) is 95.9. The molecule has 6 saturated heterocycles. The van der Waals surface area contributed by atoms with Crippen molar-refractivity contribution in [3.8, 4) is 0 Å². The molecule has 3 unspecified atom stereocenters. The lowest BCUT2D eigenvalue weighted by atomic mass is 10.1. The van der Waals surface area contributed by atoms with Crippen LogP contribution in [0.15, 0.2) is 68.2 Å². The Labute approximate surface area is 738 Å². The number of nitrogens with two attached hydrogens (primary N) is 1. The highest BCUT2D eigenvalue weighted by Gasteiger charge is 2.63. The molecule has 45 nitrogen and oxygen atoms in total. The molecule has 4 aromatic heterocycles. The number of aliphatic hydroxyl groups excluding tert-OH is 9. The number of esters is 3. The molecule has 0 saturated carbocycles. The van der Waals surface area contributed by atoms with E-state index in [0.29, 0.717) is 29.1 Å². The van der Waals surface area contributed by atoms with Gasteiger partial charge >= 0.3 is 70.3 Å². The third-order valence-electron chi connectivity index (χ3n) is 16.3. The van der Waals surface area contributed by atoms with Crippen molar-refractivity contribution in [2.45, 2.75) is 156 Å². The van der Waals surface area contributed by atoms with Gasteiger partial charge in [-0.25, -0.2) is 19.2 Å². The van der Waals surface area contributed by atoms with E-state index in [1.54, 1.807) is 16.7 Å². The summed E-state index contributed by atoms with van der Waals surface area (Å²) in [5, 5.41) is 100. The summed E-state index contributed by atoms with van der Waals surface area (Å²) in [6.45, 7) is -0.998. The molecule has 0 aliphatic carbocycles. The maximum absolute atomic E-state index is 14.0. The van der Waals surface area contributed by atoms with Gasteiger partial charge in [-0.1, -0.05) is 48.0 Å². The highest BCUT2D eigenvalue weighted by atomic mass is 35.5. The zero-order valence-corrected chi connectivity index (χ0v) is 71.3. The minimum Gasteiger partial charge on any atom is -0.481 e. The van der Waals surface area contributed by atoms with Crippen molar-refractivity contribution in [3.63, 3.8) is 0 Å². The van der Waals surface area contributed by atoms with Crippen LogP contribution in [-0.4, -0.2) is 319 Å². The van der Waals surface area contributed by atoms with Gasteiger partial charge in [-0.05, 0) is 35.9 Å². The Kier molecular flexibility index (Phi) is 49.2. The zero-order valence-electron chi connectivity index (χ0n) is 65.8. The third kappa shape index (κ3) is 34.5. The summed E-state index contributed by atoms with van der Waals surface area (Å²) in [5.74, 6) is -18.8. The number of ketones is 1. The second kappa shape index (κ2) is 54.9. The number of nitrogens with one attached hydrogen (secondary N) is 4. The Morgan fingerprint density at radius 3 is 1.09 bits per heavy atom. The number of aromatic nitrogens is 8. The van der Waals surface area contributed by atoms with Crippen LogP contribution >= 0.6 is 82.8 Å². The fourth-order valence-corrected chi connectivity index (χ4v) is 12.1. The molecule has 0 radical (unpaired) electrons. The molecule has 10 rings (SSSR count). The standard InChI is InChI=1S/2C14H17F2N3O7.C13H15F2N3O7.C9H11F2N3O4.C8H11NO3S2.C3H5NS2.C3H6O2.CH2Cl2.CHClO/c1-25-10(22)3-2-9(21)17-8-4-5-19(13(24)18-8)12-14(15,16)11(23)7(6-20)26-12;15-14(16)11(24)8(6-21)26-12(14)19-4-3-9(18-13(19)25)17-10(23)2-1-7(22)5-20;14-13(15)10(23)6(5-19)25-11(13)18-4-3-7(17-12(18)24)16-8(20)1-2-9(21)22;10-9(11)6(16)4(3-15)18-7(9)14-2-1-5(12)13-8(14)17;1-12-7(11)3-2-6(10)9-4-5-14-8(9)13;5-3-4-1-2-6-3;1-3(4)5-2;2*2-1-3/h4-5,7,11-12,20,23H,2-3,6H2,1H3,(H,17,18,21,24);3-4,8,11-12,20-21,24H,1-2,5-6H2,(H,17,18,23,25);3-4,6,10-11,19,23H,1-2,5H2,(H,21,22)(H,16,17,20,24);1-2,4,6-7,15-16H,3H2,(H2,12,13,17);2-5H2,1H3;1-2H2,(H,4,5);1-2H3;1H2;1H/t7-,11-,12?;8-,11-,12?;6-,10-,11?;4-,6-,7-;;;;;/m1111...../s1. The molecule has 126 heavy (non-hydrogen) atoms. The van der Waals surface area contributed by atoms with Crippen molar-refractivity contribution in [2.75, 3.05) is 106 Å². The van der Waals surface area contributed by atoms with Crippen LogP contribution in [0.5, 0.6) is 0 Å². The highest BCUT2D eigenvalue weighted by Crippen LogP contribution is 2.45. The number of Topliss-reactive ketones (excluding diaryl/α,β-unsaturated/α-hetero) is 1. The number of hydrogen-bond acceptors (Lipinski definition) is 39. The van der Waals surface area contributed by atoms with Crippen molar-refractivity contribution >= 4 is 174 Å². The van der Waals surface area contributed by atoms with Gasteiger partial charge in [-0.3, -0.25) is 71.1 Å². The first-order valence-electron chi connectivity index (χ1n) is 35.5. The summed E-state index contributed by atoms with van der Waals surface area (Å²) in [6.07, 6.45) is -21.4. The van der Waals surface area contributed by atoms with Gasteiger partial charge in [0.15, 0.2) is 30.2 Å². The van der Waals surface area contributed by atoms with E-state index in [9.17, 15) is 118 Å². The van der Waals surface area contributed by atoms with Crippen LogP contribution in [0.4, 0.5) is 58.4 Å². The number of nitrogens with zero attached hydrogens (tertiary/aromatic N) is 9. The van der Waals surface area contributed by atoms with E-state index in [1.165, 1.54) is 40.0 Å². The molecule has 6 aliphatic rings. The average Bonchev–Trinajstić information content (AvgIpc) is 1.63. The summed E-state index contributed by atoms with van der Waals surface area (Å²) in [6, 6.07) is 4.33. The lowest BCUT2D eigenvalue weighted by Gasteiger charge is -2.21. The number of anilines is 4. The molecule has 10 heterocycles.